The average molecular weight is 344 g/mol. The van der Waals surface area contributed by atoms with Crippen LogP contribution in [0, 0.1) is 10.6 Å². The molecule has 0 unspecified atom stereocenters. The van der Waals surface area contributed by atoms with E-state index in [4.69, 9.17) is 28.6 Å². The molecule has 5 nitrogen and oxygen atoms in total. The van der Waals surface area contributed by atoms with E-state index in [1.54, 1.807) is 7.05 Å². The highest BCUT2D eigenvalue weighted by Crippen LogP contribution is 2.32. The van der Waals surface area contributed by atoms with Crippen LogP contribution in [-0.2, 0) is 14.1 Å². The molecule has 1 heterocycles. The van der Waals surface area contributed by atoms with Gasteiger partial charge in [-0.15, -0.1) is 0 Å². The predicted molar refractivity (Wildman–Crippen MR) is 85.5 cm³/mol. The maximum Gasteiger partial charge on any atom is 0.280 e. The van der Waals surface area contributed by atoms with Crippen LogP contribution in [0.2, 0.25) is 5.02 Å². The molecule has 0 N–H and O–H groups in total. The molecule has 0 aliphatic carbocycles. The van der Waals surface area contributed by atoms with Gasteiger partial charge in [-0.25, -0.2) is 9.07 Å². The van der Waals surface area contributed by atoms with Crippen LogP contribution in [0.25, 0.3) is 11.3 Å². The lowest BCUT2D eigenvalue weighted by Crippen LogP contribution is -2.26. The largest absolute Gasteiger partial charge is 0.489 e. The summed E-state index contributed by atoms with van der Waals surface area (Å²) in [5.41, 5.74) is -0.521. The van der Waals surface area contributed by atoms with Gasteiger partial charge in [0.15, 0.2) is 10.5 Å². The van der Waals surface area contributed by atoms with E-state index >= 15 is 0 Å². The number of hydrogen-bond donors (Lipinski definition) is 0. The number of halogens is 2. The third-order valence-electron chi connectivity index (χ3n) is 2.96. The molecule has 0 spiro atoms. The molecule has 0 aliphatic rings. The second kappa shape index (κ2) is 6.18. The summed E-state index contributed by atoms with van der Waals surface area (Å²) in [6, 6.07) is 2.49. The Morgan fingerprint density at radius 2 is 2.00 bits per heavy atom. The van der Waals surface area contributed by atoms with Gasteiger partial charge in [-0.2, -0.15) is 5.10 Å². The Morgan fingerprint density at radius 1 is 1.36 bits per heavy atom. The normalized spacial score (nSPS) is 11.0. The summed E-state index contributed by atoms with van der Waals surface area (Å²) in [7, 11) is 3.10. The minimum absolute atomic E-state index is 0.0197. The van der Waals surface area contributed by atoms with Crippen molar-refractivity contribution in [3.63, 3.8) is 0 Å². The number of aromatic nitrogens is 3. The molecule has 118 valence electrons. The van der Waals surface area contributed by atoms with Crippen molar-refractivity contribution in [1.29, 1.82) is 0 Å². The first-order chi connectivity index (χ1) is 10.2. The maximum atomic E-state index is 14.2. The van der Waals surface area contributed by atoms with Gasteiger partial charge >= 0.3 is 0 Å². The summed E-state index contributed by atoms with van der Waals surface area (Å²) in [5, 5.41) is 4.19. The lowest BCUT2D eigenvalue weighted by atomic mass is 10.1. The number of benzene rings is 1. The average Bonchev–Trinajstić information content (AvgIpc) is 2.43. The molecule has 0 bridgehead atoms. The molecule has 0 atom stereocenters. The van der Waals surface area contributed by atoms with Gasteiger partial charge in [0.05, 0.1) is 11.1 Å². The third-order valence-corrected chi connectivity index (χ3v) is 3.79. The van der Waals surface area contributed by atoms with Crippen LogP contribution >= 0.6 is 23.8 Å². The fraction of sp³-hybridized carbons (Fsp3) is 0.357. The van der Waals surface area contributed by atoms with Crippen molar-refractivity contribution < 1.29 is 9.13 Å². The fourth-order valence-corrected chi connectivity index (χ4v) is 2.24. The monoisotopic (exact) mass is 343 g/mol. The standard InChI is InChI=1S/C14H15ClFN3O2S/c1-7(2)21-11-5-8(10(16)6-9(11)15)12-13(20)18(3)14(22)19(4)17-12/h5-7H,1-4H3. The first kappa shape index (κ1) is 16.6. The molecule has 0 aliphatic heterocycles. The van der Waals surface area contributed by atoms with Gasteiger partial charge in [0, 0.05) is 19.7 Å². The molecular weight excluding hydrogens is 329 g/mol. The first-order valence-corrected chi connectivity index (χ1v) is 7.31. The Balaban J connectivity index is 2.73. The molecular formula is C14H15ClFN3O2S. The molecule has 22 heavy (non-hydrogen) atoms. The SMILES string of the molecule is CC(C)Oc1cc(-c2nn(C)c(=S)n(C)c2=O)c(F)cc1Cl. The highest BCUT2D eigenvalue weighted by Gasteiger charge is 2.18. The summed E-state index contributed by atoms with van der Waals surface area (Å²) < 4.78 is 22.6. The number of nitrogens with zero attached hydrogens (tertiary/aromatic N) is 3. The molecule has 0 saturated carbocycles. The van der Waals surface area contributed by atoms with Gasteiger partial charge in [-0.05, 0) is 38.2 Å². The Kier molecular flexibility index (Phi) is 4.67. The molecule has 2 aromatic rings. The highest BCUT2D eigenvalue weighted by molar-refractivity contribution is 7.71. The topological polar surface area (TPSA) is 49.0 Å². The molecule has 0 saturated heterocycles. The number of hydrogen-bond acceptors (Lipinski definition) is 4. The van der Waals surface area contributed by atoms with Crippen LogP contribution in [0.4, 0.5) is 4.39 Å². The zero-order valence-electron chi connectivity index (χ0n) is 12.6. The van der Waals surface area contributed by atoms with Crippen LogP contribution < -0.4 is 10.3 Å². The van der Waals surface area contributed by atoms with Gasteiger partial charge in [0.25, 0.3) is 5.56 Å². The van der Waals surface area contributed by atoms with Crippen molar-refractivity contribution in [3.05, 3.63) is 38.1 Å². The number of ether oxygens (including phenoxy) is 1. The number of aryl methyl sites for hydroxylation is 1. The lowest BCUT2D eigenvalue weighted by Gasteiger charge is -2.14. The van der Waals surface area contributed by atoms with Gasteiger partial charge < -0.3 is 4.74 Å². The summed E-state index contributed by atoms with van der Waals surface area (Å²) in [4.78, 5) is 12.3. The van der Waals surface area contributed by atoms with Gasteiger partial charge in [-0.3, -0.25) is 9.36 Å². The second-order valence-corrected chi connectivity index (χ2v) is 5.82. The maximum absolute atomic E-state index is 14.2. The molecule has 1 aromatic heterocycles. The van der Waals surface area contributed by atoms with Crippen molar-refractivity contribution in [2.45, 2.75) is 20.0 Å². The van der Waals surface area contributed by atoms with Gasteiger partial charge in [-0.1, -0.05) is 11.6 Å². The molecule has 1 aromatic carbocycles. The molecule has 8 heteroatoms. The molecule has 0 radical (unpaired) electrons. The van der Waals surface area contributed by atoms with Crippen molar-refractivity contribution in [2.24, 2.45) is 14.1 Å². The predicted octanol–water partition coefficient (Wildman–Crippen LogP) is 3.09. The zero-order valence-corrected chi connectivity index (χ0v) is 14.1. The van der Waals surface area contributed by atoms with E-state index in [9.17, 15) is 9.18 Å². The van der Waals surface area contributed by atoms with E-state index in [0.29, 0.717) is 5.75 Å². The van der Waals surface area contributed by atoms with E-state index < -0.39 is 11.4 Å². The Labute approximate surface area is 136 Å². The highest BCUT2D eigenvalue weighted by atomic mass is 35.5. The second-order valence-electron chi connectivity index (χ2n) is 5.05. The Hall–Kier alpha value is -1.73. The van der Waals surface area contributed by atoms with Gasteiger partial charge in [0.2, 0.25) is 0 Å². The quantitative estimate of drug-likeness (QED) is 0.803. The molecule has 0 fully saturated rings. The summed E-state index contributed by atoms with van der Waals surface area (Å²) in [5.74, 6) is -0.357. The number of rotatable bonds is 3. The van der Waals surface area contributed by atoms with Crippen molar-refractivity contribution in [2.75, 3.05) is 0 Å². The van der Waals surface area contributed by atoms with Crippen LogP contribution in [0.1, 0.15) is 13.8 Å². The molecule has 0 amide bonds. The van der Waals surface area contributed by atoms with E-state index in [2.05, 4.69) is 5.10 Å². The van der Waals surface area contributed by atoms with E-state index in [0.717, 1.165) is 6.07 Å². The molecule has 2 rings (SSSR count). The smallest absolute Gasteiger partial charge is 0.280 e. The van der Waals surface area contributed by atoms with E-state index in [1.165, 1.54) is 22.4 Å². The van der Waals surface area contributed by atoms with Gasteiger partial charge in [0.1, 0.15) is 11.6 Å². The summed E-state index contributed by atoms with van der Waals surface area (Å²) in [6.07, 6.45) is -0.141. The van der Waals surface area contributed by atoms with Crippen LogP contribution in [0.5, 0.6) is 5.75 Å². The Bertz CT molecular complexity index is 845. The van der Waals surface area contributed by atoms with E-state index in [1.807, 2.05) is 13.8 Å². The van der Waals surface area contributed by atoms with Crippen molar-refractivity contribution >= 4 is 23.8 Å². The van der Waals surface area contributed by atoms with Crippen molar-refractivity contribution in [3.8, 4) is 17.0 Å². The van der Waals surface area contributed by atoms with Crippen LogP contribution in [0.15, 0.2) is 16.9 Å². The van der Waals surface area contributed by atoms with Crippen LogP contribution in [0.3, 0.4) is 0 Å². The summed E-state index contributed by atoms with van der Waals surface area (Å²) in [6.45, 7) is 3.64. The zero-order chi connectivity index (χ0) is 16.6. The van der Waals surface area contributed by atoms with E-state index in [-0.39, 0.29) is 27.2 Å². The fourth-order valence-electron chi connectivity index (χ4n) is 1.92. The lowest BCUT2D eigenvalue weighted by molar-refractivity contribution is 0.242. The minimum Gasteiger partial charge on any atom is -0.489 e. The Morgan fingerprint density at radius 3 is 2.59 bits per heavy atom. The van der Waals surface area contributed by atoms with Crippen molar-refractivity contribution in [1.82, 2.24) is 14.3 Å². The first-order valence-electron chi connectivity index (χ1n) is 6.52. The summed E-state index contributed by atoms with van der Waals surface area (Å²) >= 11 is 11.0. The minimum atomic E-state index is -0.650. The third kappa shape index (κ3) is 3.05. The van der Waals surface area contributed by atoms with Crippen LogP contribution in [-0.4, -0.2) is 20.5 Å².